The lowest BCUT2D eigenvalue weighted by Gasteiger charge is -2.24. The summed E-state index contributed by atoms with van der Waals surface area (Å²) in [5.74, 6) is -1.19. The fourth-order valence-corrected chi connectivity index (χ4v) is 1.48. The van der Waals surface area contributed by atoms with Crippen LogP contribution >= 0.6 is 0 Å². The maximum absolute atomic E-state index is 11.7. The molecule has 17 heavy (non-hydrogen) atoms. The van der Waals surface area contributed by atoms with Crippen LogP contribution in [0.5, 0.6) is 0 Å². The molecule has 1 atom stereocenters. The van der Waals surface area contributed by atoms with E-state index in [1.54, 1.807) is 6.92 Å². The summed E-state index contributed by atoms with van der Waals surface area (Å²) in [6.45, 7) is 8.52. The third kappa shape index (κ3) is 6.26. The van der Waals surface area contributed by atoms with Gasteiger partial charge in [0.15, 0.2) is 0 Å². The van der Waals surface area contributed by atoms with Gasteiger partial charge in [-0.1, -0.05) is 13.8 Å². The van der Waals surface area contributed by atoms with E-state index in [1.165, 1.54) is 0 Å². The first-order valence-corrected chi connectivity index (χ1v) is 6.07. The fraction of sp³-hybridized carbons (Fsp3) is 0.833. The summed E-state index contributed by atoms with van der Waals surface area (Å²) >= 11 is 0. The number of carboxylic acids is 1. The zero-order chi connectivity index (χ0) is 13.5. The highest BCUT2D eigenvalue weighted by molar-refractivity contribution is 5.85. The van der Waals surface area contributed by atoms with Crippen LogP contribution in [0.1, 0.15) is 40.5 Å². The van der Waals surface area contributed by atoms with Crippen LogP contribution in [0.4, 0.5) is 0 Å². The second-order valence-corrected chi connectivity index (χ2v) is 4.79. The van der Waals surface area contributed by atoms with Gasteiger partial charge in [-0.05, 0) is 33.2 Å². The topological polar surface area (TPSA) is 78.4 Å². The standard InChI is InChI=1S/C12H24N2O3/c1-5-14-12(3,4)11(17)13-8-6-7-9(2)10(15)16/h9,14H,5-8H2,1-4H3,(H,13,17)(H,15,16). The molecule has 0 aromatic rings. The minimum absolute atomic E-state index is 0.0534. The predicted molar refractivity (Wildman–Crippen MR) is 66.8 cm³/mol. The minimum atomic E-state index is -0.788. The molecule has 0 spiro atoms. The van der Waals surface area contributed by atoms with Gasteiger partial charge in [-0.3, -0.25) is 9.59 Å². The average Bonchev–Trinajstić information content (AvgIpc) is 2.23. The number of likely N-dealkylation sites (N-methyl/N-ethyl adjacent to an activating group) is 1. The summed E-state index contributed by atoms with van der Waals surface area (Å²) < 4.78 is 0. The average molecular weight is 244 g/mol. The Morgan fingerprint density at radius 2 is 1.94 bits per heavy atom. The van der Waals surface area contributed by atoms with E-state index >= 15 is 0 Å². The Balaban J connectivity index is 3.82. The van der Waals surface area contributed by atoms with E-state index in [-0.39, 0.29) is 11.8 Å². The van der Waals surface area contributed by atoms with Crippen LogP contribution in [0.15, 0.2) is 0 Å². The number of carboxylic acid groups (broad SMARTS) is 1. The van der Waals surface area contributed by atoms with Gasteiger partial charge < -0.3 is 15.7 Å². The molecule has 5 nitrogen and oxygen atoms in total. The first-order valence-electron chi connectivity index (χ1n) is 6.07. The molecule has 0 aromatic carbocycles. The Hall–Kier alpha value is -1.10. The van der Waals surface area contributed by atoms with Gasteiger partial charge in [0.25, 0.3) is 0 Å². The predicted octanol–water partition coefficient (Wildman–Crippen LogP) is 0.992. The molecular weight excluding hydrogens is 220 g/mol. The normalized spacial score (nSPS) is 13.2. The van der Waals surface area contributed by atoms with E-state index in [0.29, 0.717) is 19.4 Å². The van der Waals surface area contributed by atoms with Gasteiger partial charge in [-0.15, -0.1) is 0 Å². The van der Waals surface area contributed by atoms with Gasteiger partial charge in [-0.2, -0.15) is 0 Å². The number of carbonyl (C=O) groups excluding carboxylic acids is 1. The van der Waals surface area contributed by atoms with Crippen LogP contribution in [-0.2, 0) is 9.59 Å². The molecule has 100 valence electrons. The largest absolute Gasteiger partial charge is 0.481 e. The summed E-state index contributed by atoms with van der Waals surface area (Å²) in [5.41, 5.74) is -0.576. The summed E-state index contributed by atoms with van der Waals surface area (Å²) in [4.78, 5) is 22.3. The van der Waals surface area contributed by atoms with Crippen LogP contribution in [0.25, 0.3) is 0 Å². The first-order chi connectivity index (χ1) is 7.81. The van der Waals surface area contributed by atoms with Crippen molar-refractivity contribution >= 4 is 11.9 Å². The molecule has 0 aliphatic carbocycles. The fourth-order valence-electron chi connectivity index (χ4n) is 1.48. The first kappa shape index (κ1) is 15.9. The monoisotopic (exact) mass is 244 g/mol. The quantitative estimate of drug-likeness (QED) is 0.556. The van der Waals surface area contributed by atoms with E-state index in [9.17, 15) is 9.59 Å². The number of hydrogen-bond acceptors (Lipinski definition) is 3. The molecule has 0 heterocycles. The van der Waals surface area contributed by atoms with Gasteiger partial charge in [-0.25, -0.2) is 0 Å². The Morgan fingerprint density at radius 3 is 2.41 bits per heavy atom. The maximum atomic E-state index is 11.7. The summed E-state index contributed by atoms with van der Waals surface area (Å²) in [6, 6.07) is 0. The maximum Gasteiger partial charge on any atom is 0.306 e. The van der Waals surface area contributed by atoms with Gasteiger partial charge >= 0.3 is 5.97 Å². The molecule has 0 radical (unpaired) electrons. The number of carbonyl (C=O) groups is 2. The van der Waals surface area contributed by atoms with Gasteiger partial charge in [0.1, 0.15) is 0 Å². The number of aliphatic carboxylic acids is 1. The van der Waals surface area contributed by atoms with Crippen molar-refractivity contribution in [3.05, 3.63) is 0 Å². The lowest BCUT2D eigenvalue weighted by atomic mass is 10.0. The molecule has 1 amide bonds. The molecule has 0 aliphatic heterocycles. The Kier molecular flexibility index (Phi) is 6.80. The van der Waals surface area contributed by atoms with Crippen molar-refractivity contribution in [2.75, 3.05) is 13.1 Å². The second-order valence-electron chi connectivity index (χ2n) is 4.79. The van der Waals surface area contributed by atoms with Gasteiger partial charge in [0, 0.05) is 6.54 Å². The van der Waals surface area contributed by atoms with Crippen LogP contribution in [0.3, 0.4) is 0 Å². The lowest BCUT2D eigenvalue weighted by molar-refractivity contribution is -0.141. The number of nitrogens with one attached hydrogen (secondary N) is 2. The van der Waals surface area contributed by atoms with Crippen molar-refractivity contribution in [2.24, 2.45) is 5.92 Å². The second kappa shape index (κ2) is 7.27. The van der Waals surface area contributed by atoms with E-state index in [4.69, 9.17) is 5.11 Å². The number of hydrogen-bond donors (Lipinski definition) is 3. The van der Waals surface area contributed by atoms with Crippen molar-refractivity contribution in [1.82, 2.24) is 10.6 Å². The van der Waals surface area contributed by atoms with Gasteiger partial charge in [0.05, 0.1) is 11.5 Å². The highest BCUT2D eigenvalue weighted by atomic mass is 16.4. The molecule has 0 rings (SSSR count). The van der Waals surface area contributed by atoms with E-state index in [2.05, 4.69) is 10.6 Å². The smallest absolute Gasteiger partial charge is 0.306 e. The molecule has 0 bridgehead atoms. The van der Waals surface area contributed by atoms with Crippen molar-refractivity contribution in [1.29, 1.82) is 0 Å². The van der Waals surface area contributed by atoms with E-state index in [0.717, 1.165) is 6.54 Å². The molecule has 0 saturated carbocycles. The Morgan fingerprint density at radius 1 is 1.35 bits per heavy atom. The summed E-state index contributed by atoms with van der Waals surface area (Å²) in [5, 5.41) is 14.6. The number of amides is 1. The highest BCUT2D eigenvalue weighted by Gasteiger charge is 2.25. The minimum Gasteiger partial charge on any atom is -0.481 e. The molecule has 0 aliphatic rings. The molecule has 0 saturated heterocycles. The molecular formula is C12H24N2O3. The lowest BCUT2D eigenvalue weighted by Crippen LogP contribution is -2.52. The van der Waals surface area contributed by atoms with Crippen LogP contribution in [0.2, 0.25) is 0 Å². The van der Waals surface area contributed by atoms with Crippen LogP contribution in [-0.4, -0.2) is 35.6 Å². The van der Waals surface area contributed by atoms with Crippen molar-refractivity contribution in [2.45, 2.75) is 46.1 Å². The van der Waals surface area contributed by atoms with E-state index < -0.39 is 11.5 Å². The van der Waals surface area contributed by atoms with Crippen molar-refractivity contribution < 1.29 is 14.7 Å². The summed E-state index contributed by atoms with van der Waals surface area (Å²) in [7, 11) is 0. The highest BCUT2D eigenvalue weighted by Crippen LogP contribution is 2.05. The Bertz CT molecular complexity index is 264. The van der Waals surface area contributed by atoms with E-state index in [1.807, 2.05) is 20.8 Å². The third-order valence-corrected chi connectivity index (χ3v) is 2.71. The van der Waals surface area contributed by atoms with Crippen LogP contribution in [0, 0.1) is 5.92 Å². The molecule has 3 N–H and O–H groups in total. The SMILES string of the molecule is CCNC(C)(C)C(=O)NCCCC(C)C(=O)O. The molecule has 1 unspecified atom stereocenters. The molecule has 0 aromatic heterocycles. The zero-order valence-corrected chi connectivity index (χ0v) is 11.2. The van der Waals surface area contributed by atoms with Crippen molar-refractivity contribution in [3.63, 3.8) is 0 Å². The number of rotatable bonds is 8. The molecule has 0 fully saturated rings. The molecule has 5 heteroatoms. The third-order valence-electron chi connectivity index (χ3n) is 2.71. The Labute approximate surface area is 103 Å². The van der Waals surface area contributed by atoms with Crippen molar-refractivity contribution in [3.8, 4) is 0 Å². The summed E-state index contributed by atoms with van der Waals surface area (Å²) in [6.07, 6.45) is 1.26. The van der Waals surface area contributed by atoms with Crippen LogP contribution < -0.4 is 10.6 Å². The van der Waals surface area contributed by atoms with Gasteiger partial charge in [0.2, 0.25) is 5.91 Å². The zero-order valence-electron chi connectivity index (χ0n) is 11.2.